The highest BCUT2D eigenvalue weighted by Gasteiger charge is 2.32. The summed E-state index contributed by atoms with van der Waals surface area (Å²) >= 11 is 0. The molecule has 45 heavy (non-hydrogen) atoms. The highest BCUT2D eigenvalue weighted by Crippen LogP contribution is 2.40. The highest BCUT2D eigenvalue weighted by molar-refractivity contribution is 6.76. The first-order chi connectivity index (χ1) is 21.6. The Kier molecular flexibility index (Phi) is 9.04. The molecule has 3 N–H and O–H groups in total. The first-order valence-corrected chi connectivity index (χ1v) is 19.3. The first-order valence-electron chi connectivity index (χ1n) is 15.6. The second-order valence-corrected chi connectivity index (χ2v) is 18.8. The average Bonchev–Trinajstić information content (AvgIpc) is 3.75. The maximum atomic E-state index is 14.9. The van der Waals surface area contributed by atoms with Crippen LogP contribution < -0.4 is 15.1 Å². The maximum Gasteiger partial charge on any atom is 0.162 e. The zero-order valence-electron chi connectivity index (χ0n) is 26.0. The van der Waals surface area contributed by atoms with Gasteiger partial charge in [0, 0.05) is 51.6 Å². The molecule has 10 nitrogen and oxygen atoms in total. The van der Waals surface area contributed by atoms with E-state index in [1.54, 1.807) is 23.1 Å². The van der Waals surface area contributed by atoms with Crippen LogP contribution in [0.2, 0.25) is 25.7 Å². The minimum absolute atomic E-state index is 0.211. The van der Waals surface area contributed by atoms with E-state index in [0.717, 1.165) is 30.9 Å². The third-order valence-electron chi connectivity index (χ3n) is 8.50. The molecule has 6 rings (SSSR count). The fourth-order valence-corrected chi connectivity index (χ4v) is 6.76. The molecular formula is C32H41F2N7O3Si. The third-order valence-corrected chi connectivity index (χ3v) is 10.2. The van der Waals surface area contributed by atoms with Crippen molar-refractivity contribution in [2.45, 2.75) is 70.1 Å². The molecule has 4 aromatic rings. The van der Waals surface area contributed by atoms with E-state index in [0.29, 0.717) is 66.2 Å². The number of fused-ring (bicyclic) bond motifs is 1. The van der Waals surface area contributed by atoms with Gasteiger partial charge in [-0.2, -0.15) is 5.10 Å². The van der Waals surface area contributed by atoms with Crippen molar-refractivity contribution in [3.8, 4) is 0 Å². The van der Waals surface area contributed by atoms with E-state index in [4.69, 9.17) is 14.8 Å². The topological polar surface area (TPSA) is 112 Å². The molecule has 1 unspecified atom stereocenters. The number of aromatic nitrogens is 4. The van der Waals surface area contributed by atoms with Crippen molar-refractivity contribution in [2.24, 2.45) is 0 Å². The fourth-order valence-electron chi connectivity index (χ4n) is 6.00. The Morgan fingerprint density at radius 2 is 1.91 bits per heavy atom. The van der Waals surface area contributed by atoms with Gasteiger partial charge in [0.2, 0.25) is 0 Å². The fraction of sp³-hybridized carbons (Fsp3) is 0.469. The summed E-state index contributed by atoms with van der Waals surface area (Å²) in [4.78, 5) is 13.2. The van der Waals surface area contributed by atoms with Crippen LogP contribution in [-0.4, -0.2) is 70.4 Å². The summed E-state index contributed by atoms with van der Waals surface area (Å²) in [5.41, 5.74) is 2.04. The standard InChI is InChI=1S/C32H41F2N7O3Si/c1-45(2,3)14-13-44-20-41-30-26(31(38-41)40-11-4-5-28(40)25-15-22(33)7-8-27(25)34)16-23(18-36-30)37-32(43)21-6-9-29(35-17-21)39-12-10-24(42)19-39/h6-9,15-18,24,28,32,37,42-43H,4-5,10-14,19-20H2,1-3H3/t24-,28+,32?/m0/s1. The van der Waals surface area contributed by atoms with Crippen molar-refractivity contribution in [1.82, 2.24) is 19.7 Å². The van der Waals surface area contributed by atoms with Gasteiger partial charge in [-0.05, 0) is 61.7 Å². The van der Waals surface area contributed by atoms with Gasteiger partial charge in [0.25, 0.3) is 0 Å². The molecule has 240 valence electrons. The lowest BCUT2D eigenvalue weighted by molar-refractivity contribution is 0.0814. The SMILES string of the molecule is C[Si](C)(C)CCOCn1nc(N2CCC[C@@H]2c2cc(F)ccc2F)c2cc(NC(O)c3ccc(N4CC[C@H](O)C4)nc3)cnc21. The van der Waals surface area contributed by atoms with Crippen LogP contribution in [0.25, 0.3) is 11.0 Å². The van der Waals surface area contributed by atoms with E-state index in [2.05, 4.69) is 29.9 Å². The molecule has 0 spiro atoms. The summed E-state index contributed by atoms with van der Waals surface area (Å²) in [6.45, 7) is 9.62. The number of aliphatic hydroxyl groups excluding tert-OH is 2. The molecule has 13 heteroatoms. The van der Waals surface area contributed by atoms with Crippen molar-refractivity contribution in [1.29, 1.82) is 0 Å². The minimum atomic E-state index is -1.28. The predicted molar refractivity (Wildman–Crippen MR) is 173 cm³/mol. The molecular weight excluding hydrogens is 596 g/mol. The number of nitrogens with one attached hydrogen (secondary N) is 1. The molecule has 0 bridgehead atoms. The van der Waals surface area contributed by atoms with Crippen molar-refractivity contribution in [3.63, 3.8) is 0 Å². The van der Waals surface area contributed by atoms with Crippen LogP contribution in [0.3, 0.4) is 0 Å². The van der Waals surface area contributed by atoms with E-state index in [1.807, 2.05) is 21.9 Å². The largest absolute Gasteiger partial charge is 0.391 e. The van der Waals surface area contributed by atoms with E-state index in [1.165, 1.54) is 12.1 Å². The number of anilines is 3. The zero-order valence-corrected chi connectivity index (χ0v) is 27.0. The van der Waals surface area contributed by atoms with Gasteiger partial charge < -0.3 is 30.1 Å². The van der Waals surface area contributed by atoms with Crippen LogP contribution in [0.1, 0.15) is 42.7 Å². The number of aliphatic hydroxyl groups is 2. The van der Waals surface area contributed by atoms with Crippen molar-refractivity contribution < 1.29 is 23.7 Å². The van der Waals surface area contributed by atoms with Crippen LogP contribution in [0, 0.1) is 11.6 Å². The van der Waals surface area contributed by atoms with Gasteiger partial charge in [0.1, 0.15) is 24.2 Å². The van der Waals surface area contributed by atoms with Gasteiger partial charge in [0.15, 0.2) is 17.7 Å². The zero-order chi connectivity index (χ0) is 31.7. The van der Waals surface area contributed by atoms with Gasteiger partial charge in [0.05, 0.1) is 29.4 Å². The third kappa shape index (κ3) is 7.11. The number of hydrogen-bond donors (Lipinski definition) is 3. The van der Waals surface area contributed by atoms with Crippen LogP contribution >= 0.6 is 0 Å². The number of rotatable bonds is 11. The Morgan fingerprint density at radius 3 is 2.64 bits per heavy atom. The molecule has 0 saturated carbocycles. The Morgan fingerprint density at radius 1 is 1.07 bits per heavy atom. The van der Waals surface area contributed by atoms with Crippen molar-refractivity contribution in [3.05, 3.63) is 71.6 Å². The Hall–Kier alpha value is -3.65. The lowest BCUT2D eigenvalue weighted by Gasteiger charge is -2.25. The van der Waals surface area contributed by atoms with Crippen LogP contribution in [0.15, 0.2) is 48.8 Å². The van der Waals surface area contributed by atoms with Crippen LogP contribution in [0.4, 0.5) is 26.1 Å². The van der Waals surface area contributed by atoms with E-state index in [9.17, 15) is 19.0 Å². The van der Waals surface area contributed by atoms with Crippen molar-refractivity contribution in [2.75, 3.05) is 41.4 Å². The van der Waals surface area contributed by atoms with Crippen LogP contribution in [-0.2, 0) is 11.5 Å². The minimum Gasteiger partial charge on any atom is -0.391 e. The number of pyridine rings is 2. The normalized spacial score (nSPS) is 19.5. The van der Waals surface area contributed by atoms with Crippen molar-refractivity contribution >= 4 is 36.4 Å². The Labute approximate surface area is 262 Å². The van der Waals surface area contributed by atoms with E-state index in [-0.39, 0.29) is 18.9 Å². The number of ether oxygens (including phenoxy) is 1. The molecule has 2 aliphatic rings. The maximum absolute atomic E-state index is 14.9. The summed E-state index contributed by atoms with van der Waals surface area (Å²) in [6, 6.07) is 9.72. The quantitative estimate of drug-likeness (QED) is 0.113. The number of hydrogen-bond acceptors (Lipinski definition) is 9. The van der Waals surface area contributed by atoms with E-state index >= 15 is 0 Å². The highest BCUT2D eigenvalue weighted by atomic mass is 28.3. The Bertz CT molecular complexity index is 1630. The summed E-state index contributed by atoms with van der Waals surface area (Å²) in [7, 11) is -1.28. The van der Waals surface area contributed by atoms with Gasteiger partial charge in [-0.25, -0.2) is 23.4 Å². The predicted octanol–water partition coefficient (Wildman–Crippen LogP) is 5.43. The Balaban J connectivity index is 1.27. The van der Waals surface area contributed by atoms with E-state index < -0.39 is 25.9 Å². The first kappa shape index (κ1) is 31.3. The molecule has 2 aliphatic heterocycles. The monoisotopic (exact) mass is 637 g/mol. The summed E-state index contributed by atoms with van der Waals surface area (Å²) in [5, 5.41) is 29.6. The number of β-amino-alcohol motifs (C(OH)–C–C–N with tert-alkyl or cyclic N) is 1. The molecule has 0 amide bonds. The van der Waals surface area contributed by atoms with Gasteiger partial charge in [-0.3, -0.25) is 0 Å². The van der Waals surface area contributed by atoms with Gasteiger partial charge in [-0.15, -0.1) is 0 Å². The number of halogens is 2. The lowest BCUT2D eigenvalue weighted by atomic mass is 10.0. The molecule has 2 fully saturated rings. The molecule has 3 aromatic heterocycles. The lowest BCUT2D eigenvalue weighted by Crippen LogP contribution is -2.24. The molecule has 1 aromatic carbocycles. The summed E-state index contributed by atoms with van der Waals surface area (Å²) in [6.07, 6.45) is 4.01. The van der Waals surface area contributed by atoms with Gasteiger partial charge >= 0.3 is 0 Å². The number of benzene rings is 1. The summed E-state index contributed by atoms with van der Waals surface area (Å²) in [5.74, 6) is 0.432. The molecule has 5 heterocycles. The molecule has 3 atom stereocenters. The molecule has 0 radical (unpaired) electrons. The number of nitrogens with zero attached hydrogens (tertiary/aromatic N) is 6. The second-order valence-electron chi connectivity index (χ2n) is 13.2. The molecule has 2 saturated heterocycles. The smallest absolute Gasteiger partial charge is 0.162 e. The average molecular weight is 638 g/mol. The second kappa shape index (κ2) is 13.0. The van der Waals surface area contributed by atoms with Crippen LogP contribution in [0.5, 0.6) is 0 Å². The molecule has 0 aliphatic carbocycles. The summed E-state index contributed by atoms with van der Waals surface area (Å²) < 4.78 is 36.9. The van der Waals surface area contributed by atoms with Gasteiger partial charge in [-0.1, -0.05) is 19.6 Å².